The Bertz CT molecular complexity index is 353. The van der Waals surface area contributed by atoms with Gasteiger partial charge in [-0.15, -0.1) is 0 Å². The molecule has 2 nitrogen and oxygen atoms in total. The van der Waals surface area contributed by atoms with E-state index in [4.69, 9.17) is 5.11 Å². The topological polar surface area (TPSA) is 32.3 Å². The summed E-state index contributed by atoms with van der Waals surface area (Å²) in [4.78, 5) is 0. The van der Waals surface area contributed by atoms with Gasteiger partial charge in [0.25, 0.3) is 0 Å². The number of benzene rings is 1. The minimum absolute atomic E-state index is 0.00974. The van der Waals surface area contributed by atoms with Crippen LogP contribution in [0.15, 0.2) is 18.2 Å². The van der Waals surface area contributed by atoms with Crippen molar-refractivity contribution in [3.63, 3.8) is 0 Å². The number of hydrogen-bond donors (Lipinski definition) is 2. The molecule has 0 saturated carbocycles. The van der Waals surface area contributed by atoms with Crippen LogP contribution in [0.3, 0.4) is 0 Å². The lowest BCUT2D eigenvalue weighted by molar-refractivity contribution is 0.225. The van der Waals surface area contributed by atoms with E-state index in [1.165, 1.54) is 12.1 Å². The van der Waals surface area contributed by atoms with Crippen molar-refractivity contribution in [1.29, 1.82) is 0 Å². The van der Waals surface area contributed by atoms with E-state index in [1.54, 1.807) is 0 Å². The van der Waals surface area contributed by atoms with E-state index < -0.39 is 11.6 Å². The molecule has 2 unspecified atom stereocenters. The van der Waals surface area contributed by atoms with Crippen molar-refractivity contribution in [2.45, 2.75) is 38.8 Å². The van der Waals surface area contributed by atoms with Gasteiger partial charge in [-0.2, -0.15) is 0 Å². The average Bonchev–Trinajstić information content (AvgIpc) is 2.32. The molecular weight excluding hydrogens is 224 g/mol. The molecule has 0 aromatic heterocycles. The summed E-state index contributed by atoms with van der Waals surface area (Å²) in [5.41, 5.74) is 0.445. The van der Waals surface area contributed by atoms with Crippen molar-refractivity contribution in [2.24, 2.45) is 0 Å². The molecule has 96 valence electrons. The fourth-order valence-corrected chi connectivity index (χ4v) is 1.80. The van der Waals surface area contributed by atoms with Crippen molar-refractivity contribution in [3.8, 4) is 0 Å². The molecule has 0 aliphatic heterocycles. The Morgan fingerprint density at radius 1 is 1.24 bits per heavy atom. The van der Waals surface area contributed by atoms with E-state index in [9.17, 15) is 8.78 Å². The molecule has 0 heterocycles. The van der Waals surface area contributed by atoms with Crippen LogP contribution in [0.4, 0.5) is 8.78 Å². The average molecular weight is 243 g/mol. The second-order valence-corrected chi connectivity index (χ2v) is 4.08. The van der Waals surface area contributed by atoms with E-state index in [0.29, 0.717) is 12.0 Å². The highest BCUT2D eigenvalue weighted by Gasteiger charge is 2.17. The molecule has 0 bridgehead atoms. The summed E-state index contributed by atoms with van der Waals surface area (Å²) < 4.78 is 26.4. The van der Waals surface area contributed by atoms with Crippen LogP contribution in [-0.2, 0) is 0 Å². The van der Waals surface area contributed by atoms with Crippen molar-refractivity contribution in [2.75, 3.05) is 6.61 Å². The summed E-state index contributed by atoms with van der Waals surface area (Å²) in [6, 6.07) is 3.33. The second kappa shape index (κ2) is 6.67. The van der Waals surface area contributed by atoms with Gasteiger partial charge in [0.1, 0.15) is 11.6 Å². The zero-order valence-corrected chi connectivity index (χ0v) is 10.2. The van der Waals surface area contributed by atoms with Crippen molar-refractivity contribution in [3.05, 3.63) is 35.4 Å². The monoisotopic (exact) mass is 243 g/mol. The molecule has 0 aliphatic carbocycles. The smallest absolute Gasteiger partial charge is 0.130 e. The Kier molecular flexibility index (Phi) is 5.51. The van der Waals surface area contributed by atoms with Gasteiger partial charge >= 0.3 is 0 Å². The maximum absolute atomic E-state index is 13.6. The number of nitrogens with one attached hydrogen (secondary N) is 1. The van der Waals surface area contributed by atoms with Crippen LogP contribution < -0.4 is 5.32 Å². The quantitative estimate of drug-likeness (QED) is 0.805. The molecule has 1 rings (SSSR count). The van der Waals surface area contributed by atoms with Crippen molar-refractivity contribution >= 4 is 0 Å². The molecule has 1 aromatic rings. The zero-order chi connectivity index (χ0) is 12.8. The van der Waals surface area contributed by atoms with E-state index in [0.717, 1.165) is 12.5 Å². The van der Waals surface area contributed by atoms with Crippen LogP contribution in [-0.4, -0.2) is 17.8 Å². The molecule has 1 aromatic carbocycles. The van der Waals surface area contributed by atoms with Crippen LogP contribution in [0.5, 0.6) is 0 Å². The SMILES string of the molecule is CCC(CO)NC(CC)c1ccc(F)cc1F. The maximum Gasteiger partial charge on any atom is 0.130 e. The van der Waals surface area contributed by atoms with Crippen molar-refractivity contribution < 1.29 is 13.9 Å². The predicted octanol–water partition coefficient (Wildman–Crippen LogP) is 2.78. The van der Waals surface area contributed by atoms with Gasteiger partial charge in [-0.1, -0.05) is 19.9 Å². The molecule has 0 radical (unpaired) electrons. The third kappa shape index (κ3) is 3.75. The van der Waals surface area contributed by atoms with Gasteiger partial charge in [-0.3, -0.25) is 0 Å². The molecule has 0 spiro atoms. The van der Waals surface area contributed by atoms with Crippen LogP contribution in [0.25, 0.3) is 0 Å². The molecule has 17 heavy (non-hydrogen) atoms. The Balaban J connectivity index is 2.85. The summed E-state index contributed by atoms with van der Waals surface area (Å²) in [7, 11) is 0. The lowest BCUT2D eigenvalue weighted by Gasteiger charge is -2.23. The first-order valence-electron chi connectivity index (χ1n) is 5.94. The highest BCUT2D eigenvalue weighted by Crippen LogP contribution is 2.21. The lowest BCUT2D eigenvalue weighted by atomic mass is 10.0. The lowest BCUT2D eigenvalue weighted by Crippen LogP contribution is -2.35. The molecule has 2 atom stereocenters. The summed E-state index contributed by atoms with van der Waals surface area (Å²) in [6.45, 7) is 3.88. The Morgan fingerprint density at radius 2 is 1.94 bits per heavy atom. The first-order valence-corrected chi connectivity index (χ1v) is 5.94. The number of halogens is 2. The van der Waals surface area contributed by atoms with Gasteiger partial charge in [-0.05, 0) is 18.9 Å². The molecule has 2 N–H and O–H groups in total. The first kappa shape index (κ1) is 14.1. The number of rotatable bonds is 6. The minimum atomic E-state index is -0.574. The van der Waals surface area contributed by atoms with E-state index in [2.05, 4.69) is 5.32 Å². The zero-order valence-electron chi connectivity index (χ0n) is 10.2. The van der Waals surface area contributed by atoms with E-state index in [1.807, 2.05) is 13.8 Å². The Hall–Kier alpha value is -1.00. The molecule has 0 fully saturated rings. The molecule has 0 aliphatic rings. The van der Waals surface area contributed by atoms with Crippen LogP contribution in [0, 0.1) is 11.6 Å². The number of aliphatic hydroxyl groups excluding tert-OH is 1. The highest BCUT2D eigenvalue weighted by molar-refractivity contribution is 5.22. The summed E-state index contributed by atoms with van der Waals surface area (Å²) in [5.74, 6) is -1.12. The van der Waals surface area contributed by atoms with Gasteiger partial charge in [0.15, 0.2) is 0 Å². The van der Waals surface area contributed by atoms with Crippen LogP contribution in [0.2, 0.25) is 0 Å². The molecule has 0 saturated heterocycles. The Labute approximate surface area is 101 Å². The van der Waals surface area contributed by atoms with Crippen LogP contribution in [0.1, 0.15) is 38.3 Å². The predicted molar refractivity (Wildman–Crippen MR) is 63.7 cm³/mol. The largest absolute Gasteiger partial charge is 0.395 e. The van der Waals surface area contributed by atoms with Crippen LogP contribution >= 0.6 is 0 Å². The fourth-order valence-electron chi connectivity index (χ4n) is 1.80. The van der Waals surface area contributed by atoms with Gasteiger partial charge in [0.05, 0.1) is 6.61 Å². The Morgan fingerprint density at radius 3 is 2.41 bits per heavy atom. The van der Waals surface area contributed by atoms with E-state index >= 15 is 0 Å². The second-order valence-electron chi connectivity index (χ2n) is 4.08. The number of hydrogen-bond acceptors (Lipinski definition) is 2. The van der Waals surface area contributed by atoms with Gasteiger partial charge < -0.3 is 10.4 Å². The normalized spacial score (nSPS) is 14.6. The first-order chi connectivity index (χ1) is 8.12. The third-order valence-corrected chi connectivity index (χ3v) is 2.90. The molecular formula is C13H19F2NO. The molecule has 4 heteroatoms. The summed E-state index contributed by atoms with van der Waals surface area (Å²) in [5, 5.41) is 12.3. The fraction of sp³-hybridized carbons (Fsp3) is 0.538. The van der Waals surface area contributed by atoms with Gasteiger partial charge in [0.2, 0.25) is 0 Å². The minimum Gasteiger partial charge on any atom is -0.395 e. The molecule has 0 amide bonds. The third-order valence-electron chi connectivity index (χ3n) is 2.90. The van der Waals surface area contributed by atoms with Crippen molar-refractivity contribution in [1.82, 2.24) is 5.32 Å². The number of aliphatic hydroxyl groups is 1. The standard InChI is InChI=1S/C13H19F2NO/c1-3-10(8-17)16-13(4-2)11-6-5-9(14)7-12(11)15/h5-7,10,13,16-17H,3-4,8H2,1-2H3. The van der Waals surface area contributed by atoms with Gasteiger partial charge in [-0.25, -0.2) is 8.78 Å². The maximum atomic E-state index is 13.6. The summed E-state index contributed by atoms with van der Waals surface area (Å²) >= 11 is 0. The summed E-state index contributed by atoms with van der Waals surface area (Å²) in [6.07, 6.45) is 1.44. The van der Waals surface area contributed by atoms with Gasteiger partial charge in [0, 0.05) is 23.7 Å². The van der Waals surface area contributed by atoms with E-state index in [-0.39, 0.29) is 18.7 Å². The highest BCUT2D eigenvalue weighted by atomic mass is 19.1.